The van der Waals surface area contributed by atoms with Crippen LogP contribution in [-0.4, -0.2) is 47.1 Å². The number of carboxylic acid groups (broad SMARTS) is 1. The first kappa shape index (κ1) is 17.7. The zero-order chi connectivity index (χ0) is 18.0. The number of thiophene rings is 1. The van der Waals surface area contributed by atoms with E-state index < -0.39 is 11.4 Å². The Kier molecular flexibility index (Phi) is 5.11. The van der Waals surface area contributed by atoms with Crippen molar-refractivity contribution in [3.05, 3.63) is 57.8 Å². The molecule has 2 aliphatic rings. The van der Waals surface area contributed by atoms with Crippen molar-refractivity contribution >= 4 is 17.3 Å². The Balaban J connectivity index is 1.42. The van der Waals surface area contributed by atoms with Crippen LogP contribution in [0.1, 0.15) is 35.3 Å². The van der Waals surface area contributed by atoms with Gasteiger partial charge in [0.05, 0.1) is 0 Å². The molecular formula is C21H26N2O2S. The molecule has 26 heavy (non-hydrogen) atoms. The fourth-order valence-electron chi connectivity index (χ4n) is 4.33. The summed E-state index contributed by atoms with van der Waals surface area (Å²) in [5.41, 5.74) is 1.56. The summed E-state index contributed by atoms with van der Waals surface area (Å²) in [4.78, 5) is 18.2. The number of hydrogen-bond acceptors (Lipinski definition) is 4. The van der Waals surface area contributed by atoms with Gasteiger partial charge in [-0.15, -0.1) is 11.3 Å². The number of rotatable bonds is 6. The van der Waals surface area contributed by atoms with Gasteiger partial charge in [-0.3, -0.25) is 14.6 Å². The Morgan fingerprint density at radius 1 is 1.08 bits per heavy atom. The lowest BCUT2D eigenvalue weighted by Gasteiger charge is -2.25. The summed E-state index contributed by atoms with van der Waals surface area (Å²) in [6, 6.07) is 12.0. The van der Waals surface area contributed by atoms with E-state index in [-0.39, 0.29) is 0 Å². The molecule has 2 saturated heterocycles. The molecule has 138 valence electrons. The average molecular weight is 371 g/mol. The van der Waals surface area contributed by atoms with E-state index in [1.807, 2.05) is 41.7 Å². The molecule has 5 heteroatoms. The van der Waals surface area contributed by atoms with Gasteiger partial charge in [0.1, 0.15) is 5.41 Å². The molecular weight excluding hydrogens is 344 g/mol. The number of hydrogen-bond donors (Lipinski definition) is 1. The fourth-order valence-corrected chi connectivity index (χ4v) is 5.25. The normalized spacial score (nSPS) is 24.3. The lowest BCUT2D eigenvalue weighted by molar-refractivity contribution is -0.143. The summed E-state index contributed by atoms with van der Waals surface area (Å²) in [7, 11) is 0. The lowest BCUT2D eigenvalue weighted by Crippen LogP contribution is -2.38. The van der Waals surface area contributed by atoms with Crippen LogP contribution in [0.2, 0.25) is 0 Å². The quantitative estimate of drug-likeness (QED) is 0.844. The Morgan fingerprint density at radius 2 is 1.85 bits per heavy atom. The molecule has 1 unspecified atom stereocenters. The maximum atomic E-state index is 12.1. The Morgan fingerprint density at radius 3 is 2.58 bits per heavy atom. The van der Waals surface area contributed by atoms with Gasteiger partial charge in [-0.1, -0.05) is 30.3 Å². The SMILES string of the molecule is O=C(O)C1(c2ccccc2)CCN(Cc2cc(CN3CCCC3)cs2)C1. The number of nitrogens with zero attached hydrogens (tertiary/aromatic N) is 2. The van der Waals surface area contributed by atoms with Crippen molar-refractivity contribution in [3.63, 3.8) is 0 Å². The molecule has 1 aromatic heterocycles. The average Bonchev–Trinajstić information content (AvgIpc) is 3.39. The number of likely N-dealkylation sites (tertiary alicyclic amines) is 2. The van der Waals surface area contributed by atoms with Gasteiger partial charge in [0, 0.05) is 31.1 Å². The standard InChI is InChI=1S/C21H26N2O2S/c24-20(25)21(18-6-2-1-3-7-18)8-11-23(16-21)14-19-12-17(15-26-19)13-22-9-4-5-10-22/h1-3,6-7,12,15H,4-5,8-11,13-14,16H2,(H,24,25). The molecule has 2 aliphatic heterocycles. The van der Waals surface area contributed by atoms with Gasteiger partial charge < -0.3 is 5.11 Å². The molecule has 3 heterocycles. The van der Waals surface area contributed by atoms with Crippen LogP contribution in [0.15, 0.2) is 41.8 Å². The van der Waals surface area contributed by atoms with E-state index in [1.54, 1.807) is 0 Å². The van der Waals surface area contributed by atoms with Crippen LogP contribution in [0, 0.1) is 0 Å². The molecule has 0 amide bonds. The molecule has 1 aromatic carbocycles. The predicted molar refractivity (Wildman–Crippen MR) is 104 cm³/mol. The first-order chi connectivity index (χ1) is 12.7. The van der Waals surface area contributed by atoms with E-state index in [4.69, 9.17) is 0 Å². The van der Waals surface area contributed by atoms with Crippen molar-refractivity contribution in [1.82, 2.24) is 9.80 Å². The van der Waals surface area contributed by atoms with Gasteiger partial charge in [0.25, 0.3) is 0 Å². The second-order valence-corrected chi connectivity index (χ2v) is 8.61. The number of aliphatic carboxylic acids is 1. The molecule has 0 bridgehead atoms. The highest BCUT2D eigenvalue weighted by atomic mass is 32.1. The summed E-state index contributed by atoms with van der Waals surface area (Å²) < 4.78 is 0. The van der Waals surface area contributed by atoms with Crippen molar-refractivity contribution in [2.75, 3.05) is 26.2 Å². The second-order valence-electron chi connectivity index (χ2n) is 7.62. The fraction of sp³-hybridized carbons (Fsp3) is 0.476. The van der Waals surface area contributed by atoms with E-state index in [9.17, 15) is 9.90 Å². The first-order valence-electron chi connectivity index (χ1n) is 9.46. The van der Waals surface area contributed by atoms with Crippen LogP contribution in [0.4, 0.5) is 0 Å². The number of benzene rings is 1. The molecule has 0 aliphatic carbocycles. The van der Waals surface area contributed by atoms with Gasteiger partial charge in [-0.25, -0.2) is 0 Å². The molecule has 2 fully saturated rings. The highest BCUT2D eigenvalue weighted by molar-refractivity contribution is 7.10. The maximum Gasteiger partial charge on any atom is 0.315 e. The van der Waals surface area contributed by atoms with Crippen LogP contribution in [0.5, 0.6) is 0 Å². The molecule has 1 atom stereocenters. The van der Waals surface area contributed by atoms with Crippen molar-refractivity contribution in [1.29, 1.82) is 0 Å². The smallest absolute Gasteiger partial charge is 0.315 e. The van der Waals surface area contributed by atoms with E-state index in [0.717, 1.165) is 25.2 Å². The van der Waals surface area contributed by atoms with Gasteiger partial charge >= 0.3 is 5.97 Å². The molecule has 0 spiro atoms. The topological polar surface area (TPSA) is 43.8 Å². The second kappa shape index (κ2) is 7.51. The minimum atomic E-state index is -0.767. The van der Waals surface area contributed by atoms with Crippen LogP contribution in [0.3, 0.4) is 0 Å². The lowest BCUT2D eigenvalue weighted by atomic mass is 9.80. The van der Waals surface area contributed by atoms with Crippen molar-refractivity contribution in [2.45, 2.75) is 37.8 Å². The summed E-state index contributed by atoms with van der Waals surface area (Å²) >= 11 is 1.81. The summed E-state index contributed by atoms with van der Waals surface area (Å²) in [6.07, 6.45) is 3.32. The molecule has 4 rings (SSSR count). The molecule has 0 saturated carbocycles. The molecule has 2 aromatic rings. The van der Waals surface area contributed by atoms with E-state index in [1.165, 1.54) is 36.4 Å². The predicted octanol–water partition coefficient (Wildman–Crippen LogP) is 3.57. The van der Waals surface area contributed by atoms with Crippen LogP contribution < -0.4 is 0 Å². The Labute approximate surface area is 159 Å². The monoisotopic (exact) mass is 370 g/mol. The van der Waals surface area contributed by atoms with Crippen molar-refractivity contribution in [3.8, 4) is 0 Å². The minimum Gasteiger partial charge on any atom is -0.481 e. The molecule has 4 nitrogen and oxygen atoms in total. The number of carbonyl (C=O) groups is 1. The van der Waals surface area contributed by atoms with Gasteiger partial charge in [-0.2, -0.15) is 0 Å². The third-order valence-electron chi connectivity index (χ3n) is 5.78. The van der Waals surface area contributed by atoms with Crippen LogP contribution in [0.25, 0.3) is 0 Å². The van der Waals surface area contributed by atoms with Crippen molar-refractivity contribution in [2.24, 2.45) is 0 Å². The molecule has 0 radical (unpaired) electrons. The summed E-state index contributed by atoms with van der Waals surface area (Å²) in [6.45, 7) is 5.77. The van der Waals surface area contributed by atoms with Crippen LogP contribution in [-0.2, 0) is 23.3 Å². The Bertz CT molecular complexity index is 754. The third-order valence-corrected chi connectivity index (χ3v) is 6.75. The highest BCUT2D eigenvalue weighted by Crippen LogP contribution is 2.36. The zero-order valence-electron chi connectivity index (χ0n) is 15.1. The Hall–Kier alpha value is -1.69. The largest absolute Gasteiger partial charge is 0.481 e. The van der Waals surface area contributed by atoms with Gasteiger partial charge in [-0.05, 0) is 54.9 Å². The third kappa shape index (κ3) is 3.56. The summed E-state index contributed by atoms with van der Waals surface area (Å²) in [5.74, 6) is -0.702. The molecule has 1 N–H and O–H groups in total. The van der Waals surface area contributed by atoms with Crippen molar-refractivity contribution < 1.29 is 9.90 Å². The van der Waals surface area contributed by atoms with E-state index in [2.05, 4.69) is 21.2 Å². The highest BCUT2D eigenvalue weighted by Gasteiger charge is 2.46. The van der Waals surface area contributed by atoms with E-state index in [0.29, 0.717) is 13.0 Å². The van der Waals surface area contributed by atoms with Gasteiger partial charge in [0.2, 0.25) is 0 Å². The zero-order valence-corrected chi connectivity index (χ0v) is 15.9. The first-order valence-corrected chi connectivity index (χ1v) is 10.3. The number of carboxylic acids is 1. The van der Waals surface area contributed by atoms with Crippen LogP contribution >= 0.6 is 11.3 Å². The maximum absolute atomic E-state index is 12.1. The summed E-state index contributed by atoms with van der Waals surface area (Å²) in [5, 5.41) is 12.2. The van der Waals surface area contributed by atoms with Gasteiger partial charge in [0.15, 0.2) is 0 Å². The minimum absolute atomic E-state index is 0.589. The van der Waals surface area contributed by atoms with E-state index >= 15 is 0 Å².